The number of alkyl halides is 3. The summed E-state index contributed by atoms with van der Waals surface area (Å²) < 4.78 is 45.4. The number of pyridine rings is 1. The maximum Gasteiger partial charge on any atom is 0.416 e. The monoisotopic (exact) mass is 421 g/mol. The van der Waals surface area contributed by atoms with Crippen molar-refractivity contribution in [3.8, 4) is 17.0 Å². The number of hydrogen-bond acceptors (Lipinski definition) is 4. The minimum absolute atomic E-state index is 0.000937. The number of aromatic nitrogens is 1. The molecular weight excluding hydrogens is 403 g/mol. The van der Waals surface area contributed by atoms with Gasteiger partial charge in [-0.05, 0) is 43.4 Å². The predicted molar refractivity (Wildman–Crippen MR) is 107 cm³/mol. The summed E-state index contributed by atoms with van der Waals surface area (Å²) in [5, 5.41) is 10.2. The Bertz CT molecular complexity index is 1130. The Balaban J connectivity index is 2.42. The Hall–Kier alpha value is -2.74. The first kappa shape index (κ1) is 21.0. The van der Waals surface area contributed by atoms with E-state index in [9.17, 15) is 23.1 Å². The Kier molecular flexibility index (Phi) is 5.49. The number of nitrogens with zero attached hydrogens (tertiary/aromatic N) is 1. The second-order valence-electron chi connectivity index (χ2n) is 6.47. The van der Waals surface area contributed by atoms with Gasteiger partial charge in [-0.15, -0.1) is 11.8 Å². The lowest BCUT2D eigenvalue weighted by molar-refractivity contribution is -0.138. The molecule has 1 N–H and O–H groups in total. The molecule has 29 heavy (non-hydrogen) atoms. The fourth-order valence-corrected chi connectivity index (χ4v) is 4.00. The van der Waals surface area contributed by atoms with Crippen LogP contribution in [-0.4, -0.2) is 29.4 Å². The van der Waals surface area contributed by atoms with Gasteiger partial charge in [-0.3, -0.25) is 0 Å². The Morgan fingerprint density at radius 3 is 2.41 bits per heavy atom. The summed E-state index contributed by atoms with van der Waals surface area (Å²) in [6.45, 7) is 2.93. The van der Waals surface area contributed by atoms with Crippen LogP contribution >= 0.6 is 11.8 Å². The highest BCUT2D eigenvalue weighted by atomic mass is 32.2. The van der Waals surface area contributed by atoms with Crippen LogP contribution < -0.4 is 4.74 Å². The molecule has 0 bridgehead atoms. The molecule has 0 saturated heterocycles. The minimum atomic E-state index is -4.52. The summed E-state index contributed by atoms with van der Waals surface area (Å²) in [7, 11) is 1.49. The Morgan fingerprint density at radius 2 is 1.86 bits per heavy atom. The van der Waals surface area contributed by atoms with Gasteiger partial charge in [0.25, 0.3) is 0 Å². The molecule has 152 valence electrons. The SMILES string of the molecule is COc1cc2nc(-c3cccc(C(F)(F)F)c3C)c(C)c(C(=O)O)c2cc1SC. The van der Waals surface area contributed by atoms with Gasteiger partial charge in [0.15, 0.2) is 0 Å². The van der Waals surface area contributed by atoms with E-state index >= 15 is 0 Å². The lowest BCUT2D eigenvalue weighted by atomic mass is 9.93. The van der Waals surface area contributed by atoms with E-state index in [0.717, 1.165) is 11.0 Å². The molecule has 0 radical (unpaired) electrons. The van der Waals surface area contributed by atoms with Crippen molar-refractivity contribution in [3.05, 3.63) is 52.6 Å². The van der Waals surface area contributed by atoms with Crippen molar-refractivity contribution in [2.24, 2.45) is 0 Å². The molecule has 0 unspecified atom stereocenters. The van der Waals surface area contributed by atoms with Crippen molar-refractivity contribution in [1.82, 2.24) is 4.98 Å². The summed E-state index contributed by atoms with van der Waals surface area (Å²) in [4.78, 5) is 17.3. The molecule has 1 heterocycles. The predicted octanol–water partition coefficient (Wildman–Crippen LogP) is 5.97. The van der Waals surface area contributed by atoms with Crippen molar-refractivity contribution in [3.63, 3.8) is 0 Å². The Morgan fingerprint density at radius 1 is 1.17 bits per heavy atom. The molecule has 1 aromatic heterocycles. The molecule has 0 aliphatic rings. The normalized spacial score (nSPS) is 11.7. The zero-order valence-electron chi connectivity index (χ0n) is 16.1. The molecule has 3 aromatic rings. The van der Waals surface area contributed by atoms with Crippen LogP contribution in [0.4, 0.5) is 13.2 Å². The van der Waals surface area contributed by atoms with Gasteiger partial charge in [0.05, 0.1) is 29.4 Å². The molecule has 0 aliphatic heterocycles. The summed E-state index contributed by atoms with van der Waals surface area (Å²) in [6, 6.07) is 7.12. The number of fused-ring (bicyclic) bond motifs is 1. The number of rotatable bonds is 4. The molecule has 0 atom stereocenters. The number of ether oxygens (including phenoxy) is 1. The quantitative estimate of drug-likeness (QED) is 0.526. The third kappa shape index (κ3) is 3.64. The first-order chi connectivity index (χ1) is 13.6. The largest absolute Gasteiger partial charge is 0.496 e. The number of methoxy groups -OCH3 is 1. The fourth-order valence-electron chi connectivity index (χ4n) is 3.42. The van der Waals surface area contributed by atoms with Gasteiger partial charge in [-0.2, -0.15) is 13.2 Å². The standard InChI is InChI=1S/C21H18F3NO3S/c1-10-12(6-5-7-14(10)21(22,23)24)19-11(2)18(20(26)27)13-8-17(29-4)16(28-3)9-15(13)25-19/h5-9H,1-4H3,(H,26,27). The van der Waals surface area contributed by atoms with Gasteiger partial charge in [0, 0.05) is 21.9 Å². The molecule has 0 aliphatic carbocycles. The highest BCUT2D eigenvalue weighted by Crippen LogP contribution is 2.40. The number of aromatic carboxylic acids is 1. The summed E-state index contributed by atoms with van der Waals surface area (Å²) >= 11 is 1.40. The van der Waals surface area contributed by atoms with E-state index in [2.05, 4.69) is 4.98 Å². The van der Waals surface area contributed by atoms with Crippen LogP contribution in [0.2, 0.25) is 0 Å². The molecule has 2 aromatic carbocycles. The third-order valence-electron chi connectivity index (χ3n) is 4.84. The maximum absolute atomic E-state index is 13.4. The van der Waals surface area contributed by atoms with Gasteiger partial charge < -0.3 is 9.84 Å². The second-order valence-corrected chi connectivity index (χ2v) is 7.31. The van der Waals surface area contributed by atoms with E-state index in [0.29, 0.717) is 22.2 Å². The van der Waals surface area contributed by atoms with Crippen molar-refractivity contribution in [2.45, 2.75) is 24.9 Å². The minimum Gasteiger partial charge on any atom is -0.496 e. The summed E-state index contributed by atoms with van der Waals surface area (Å²) in [5.41, 5.74) is 0.341. The van der Waals surface area contributed by atoms with Gasteiger partial charge in [-0.1, -0.05) is 12.1 Å². The first-order valence-electron chi connectivity index (χ1n) is 8.57. The highest BCUT2D eigenvalue weighted by Gasteiger charge is 2.33. The van der Waals surface area contributed by atoms with Crippen LogP contribution in [0, 0.1) is 13.8 Å². The van der Waals surface area contributed by atoms with Crippen LogP contribution in [0.5, 0.6) is 5.75 Å². The zero-order chi connectivity index (χ0) is 21.5. The molecular formula is C21H18F3NO3S. The second kappa shape index (κ2) is 7.59. The van der Waals surface area contributed by atoms with Crippen LogP contribution in [0.15, 0.2) is 35.2 Å². The maximum atomic E-state index is 13.4. The smallest absolute Gasteiger partial charge is 0.416 e. The van der Waals surface area contributed by atoms with E-state index in [4.69, 9.17) is 4.74 Å². The molecule has 0 spiro atoms. The topological polar surface area (TPSA) is 59.4 Å². The first-order valence-corrected chi connectivity index (χ1v) is 9.79. The van der Waals surface area contributed by atoms with Crippen LogP contribution in [0.3, 0.4) is 0 Å². The average Bonchev–Trinajstić information content (AvgIpc) is 2.65. The lowest BCUT2D eigenvalue weighted by Gasteiger charge is -2.18. The van der Waals surface area contributed by atoms with Gasteiger partial charge in [-0.25, -0.2) is 9.78 Å². The summed E-state index contributed by atoms with van der Waals surface area (Å²) in [6.07, 6.45) is -2.68. The number of benzene rings is 2. The van der Waals surface area contributed by atoms with Gasteiger partial charge in [0.2, 0.25) is 0 Å². The highest BCUT2D eigenvalue weighted by molar-refractivity contribution is 7.98. The molecule has 0 fully saturated rings. The van der Waals surface area contributed by atoms with E-state index in [-0.39, 0.29) is 22.4 Å². The lowest BCUT2D eigenvalue weighted by Crippen LogP contribution is -2.10. The van der Waals surface area contributed by atoms with Gasteiger partial charge in [0.1, 0.15) is 5.75 Å². The third-order valence-corrected chi connectivity index (χ3v) is 5.60. The summed E-state index contributed by atoms with van der Waals surface area (Å²) in [5.74, 6) is -0.651. The van der Waals surface area contributed by atoms with E-state index < -0.39 is 17.7 Å². The number of halogens is 3. The fraction of sp³-hybridized carbons (Fsp3) is 0.238. The molecule has 0 amide bonds. The zero-order valence-corrected chi connectivity index (χ0v) is 17.0. The molecule has 4 nitrogen and oxygen atoms in total. The van der Waals surface area contributed by atoms with Crippen molar-refractivity contribution >= 4 is 28.6 Å². The van der Waals surface area contributed by atoms with Crippen LogP contribution in [0.1, 0.15) is 27.0 Å². The van der Waals surface area contributed by atoms with Crippen molar-refractivity contribution in [1.29, 1.82) is 0 Å². The van der Waals surface area contributed by atoms with Crippen molar-refractivity contribution in [2.75, 3.05) is 13.4 Å². The van der Waals surface area contributed by atoms with Crippen LogP contribution in [-0.2, 0) is 6.18 Å². The van der Waals surface area contributed by atoms with E-state index in [1.807, 2.05) is 6.26 Å². The number of hydrogen-bond donors (Lipinski definition) is 1. The number of carboxylic acid groups (broad SMARTS) is 1. The number of thioether (sulfide) groups is 1. The number of carboxylic acids is 1. The Labute approximate surface area is 169 Å². The van der Waals surface area contributed by atoms with Gasteiger partial charge >= 0.3 is 12.1 Å². The molecule has 8 heteroatoms. The van der Waals surface area contributed by atoms with Crippen molar-refractivity contribution < 1.29 is 27.8 Å². The number of carbonyl (C=O) groups is 1. The van der Waals surface area contributed by atoms with E-state index in [1.165, 1.54) is 37.9 Å². The molecule has 0 saturated carbocycles. The molecule has 3 rings (SSSR count). The van der Waals surface area contributed by atoms with E-state index in [1.54, 1.807) is 19.1 Å². The average molecular weight is 421 g/mol. The van der Waals surface area contributed by atoms with Crippen LogP contribution in [0.25, 0.3) is 22.2 Å².